The quantitative estimate of drug-likeness (QED) is 0.129. The lowest BCUT2D eigenvalue weighted by Gasteiger charge is -2.15. The van der Waals surface area contributed by atoms with Crippen molar-refractivity contribution in [3.05, 3.63) is 352 Å². The van der Waals surface area contributed by atoms with Gasteiger partial charge in [-0.1, -0.05) is 164 Å². The zero-order valence-corrected chi connectivity index (χ0v) is 54.1. The van der Waals surface area contributed by atoms with Gasteiger partial charge in [0.1, 0.15) is 0 Å². The van der Waals surface area contributed by atoms with E-state index < -0.39 is 0 Å². The van der Waals surface area contributed by atoms with Crippen molar-refractivity contribution in [3.8, 4) is 101 Å². The molecule has 12 aromatic carbocycles. The Morgan fingerprint density at radius 3 is 0.810 bits per heavy atom. The Kier molecular flexibility index (Phi) is 13.1. The predicted octanol–water partition coefficient (Wildman–Crippen LogP) is 23.3. The van der Waals surface area contributed by atoms with E-state index in [1.54, 1.807) is 0 Å². The van der Waals surface area contributed by atoms with Crippen LogP contribution < -0.4 is 0 Å². The Morgan fingerprint density at radius 1 is 0.160 bits per heavy atom. The number of benzene rings is 12. The molecular formula is C92H58N8. The first-order valence-electron chi connectivity index (χ1n) is 33.9. The summed E-state index contributed by atoms with van der Waals surface area (Å²) in [7, 11) is 0. The lowest BCUT2D eigenvalue weighted by Crippen LogP contribution is -1.96. The van der Waals surface area contributed by atoms with E-state index in [1.165, 1.54) is 43.1 Å². The van der Waals surface area contributed by atoms with Gasteiger partial charge in [-0.2, -0.15) is 0 Å². The second-order valence-electron chi connectivity index (χ2n) is 25.8. The summed E-state index contributed by atoms with van der Waals surface area (Å²) >= 11 is 0. The van der Waals surface area contributed by atoms with E-state index in [9.17, 15) is 0 Å². The molecular weight excluding hydrogens is 1220 g/mol. The number of fused-ring (bicyclic) bond motifs is 12. The van der Waals surface area contributed by atoms with Gasteiger partial charge in [-0.05, 0) is 219 Å². The number of rotatable bonds is 11. The number of aromatic nitrogens is 8. The van der Waals surface area contributed by atoms with Gasteiger partial charge in [-0.25, -0.2) is 0 Å². The lowest BCUT2D eigenvalue weighted by atomic mass is 9.93. The molecule has 0 aliphatic rings. The van der Waals surface area contributed by atoms with Crippen molar-refractivity contribution >= 4 is 87.2 Å². The Morgan fingerprint density at radius 2 is 0.460 bits per heavy atom. The van der Waals surface area contributed by atoms with Crippen LogP contribution >= 0.6 is 0 Å². The lowest BCUT2D eigenvalue weighted by molar-refractivity contribution is 1.14. The van der Waals surface area contributed by atoms with Gasteiger partial charge in [-0.15, -0.1) is 0 Å². The van der Waals surface area contributed by atoms with Crippen molar-refractivity contribution < 1.29 is 0 Å². The summed E-state index contributed by atoms with van der Waals surface area (Å²) in [4.78, 5) is 18.8. The highest BCUT2D eigenvalue weighted by Gasteiger charge is 2.21. The van der Waals surface area contributed by atoms with E-state index in [0.29, 0.717) is 0 Å². The van der Waals surface area contributed by atoms with E-state index in [0.717, 1.165) is 145 Å². The molecule has 0 saturated heterocycles. The third-order valence-electron chi connectivity index (χ3n) is 20.1. The molecule has 0 N–H and O–H groups in total. The van der Waals surface area contributed by atoms with Crippen molar-refractivity contribution in [3.63, 3.8) is 0 Å². The number of hydrogen-bond acceptors (Lipinski definition) is 4. The molecule has 0 bridgehead atoms. The van der Waals surface area contributed by atoms with Crippen LogP contribution in [0, 0.1) is 0 Å². The van der Waals surface area contributed by atoms with Crippen LogP contribution in [0.3, 0.4) is 0 Å². The summed E-state index contributed by atoms with van der Waals surface area (Å²) < 4.78 is 9.51. The summed E-state index contributed by atoms with van der Waals surface area (Å²) in [5.41, 5.74) is 28.3. The molecule has 466 valence electrons. The highest BCUT2D eigenvalue weighted by atomic mass is 15.0. The van der Waals surface area contributed by atoms with E-state index >= 15 is 0 Å². The largest absolute Gasteiger partial charge is 0.309 e. The van der Waals surface area contributed by atoms with E-state index in [1.807, 2.05) is 61.2 Å². The van der Waals surface area contributed by atoms with Gasteiger partial charge in [-0.3, -0.25) is 19.9 Å². The molecule has 0 aliphatic heterocycles. The van der Waals surface area contributed by atoms with Crippen molar-refractivity contribution in [1.82, 2.24) is 38.2 Å². The number of hydrogen-bond donors (Lipinski definition) is 0. The number of nitrogens with zero attached hydrogens (tertiary/aromatic N) is 8. The monoisotopic (exact) mass is 1270 g/mol. The molecule has 20 rings (SSSR count). The minimum atomic E-state index is 0.845. The molecule has 100 heavy (non-hydrogen) atoms. The summed E-state index contributed by atoms with van der Waals surface area (Å²) in [5.74, 6) is 0. The molecule has 0 amide bonds. The second kappa shape index (κ2) is 23.1. The fraction of sp³-hybridized carbons (Fsp3) is 0. The molecule has 0 fully saturated rings. The maximum Gasteiger partial charge on any atom is 0.0887 e. The van der Waals surface area contributed by atoms with Crippen molar-refractivity contribution in [1.29, 1.82) is 0 Å². The molecule has 20 aromatic rings. The molecule has 0 saturated carbocycles. The maximum absolute atomic E-state index is 4.87. The fourth-order valence-corrected chi connectivity index (χ4v) is 15.5. The zero-order chi connectivity index (χ0) is 65.8. The Balaban J connectivity index is 0.649. The van der Waals surface area contributed by atoms with Crippen LogP contribution in [0.15, 0.2) is 352 Å². The second-order valence-corrected chi connectivity index (χ2v) is 25.8. The van der Waals surface area contributed by atoms with Crippen LogP contribution in [0.1, 0.15) is 0 Å². The Bertz CT molecular complexity index is 6240. The fourth-order valence-electron chi connectivity index (χ4n) is 15.5. The normalized spacial score (nSPS) is 11.8. The van der Waals surface area contributed by atoms with E-state index in [2.05, 4.69) is 319 Å². The first-order valence-corrected chi connectivity index (χ1v) is 33.9. The van der Waals surface area contributed by atoms with Gasteiger partial charge in [0.2, 0.25) is 0 Å². The van der Waals surface area contributed by atoms with Crippen LogP contribution in [-0.2, 0) is 0 Å². The highest BCUT2D eigenvalue weighted by Crippen LogP contribution is 2.43. The molecule has 0 unspecified atom stereocenters. The van der Waals surface area contributed by atoms with Gasteiger partial charge in [0, 0.05) is 66.9 Å². The van der Waals surface area contributed by atoms with Crippen molar-refractivity contribution in [2.75, 3.05) is 0 Å². The third-order valence-corrected chi connectivity index (χ3v) is 20.1. The van der Waals surface area contributed by atoms with E-state index in [4.69, 9.17) is 9.97 Å². The molecule has 8 aromatic heterocycles. The molecule has 8 heteroatoms. The molecule has 0 spiro atoms. The number of pyridine rings is 4. The SMILES string of the molecule is c1ccc(-c2cc(-c3cccc(-n4c5ccccc5c5cc(-c6ccc7c(c6)c6ccccc6n7-c6ccc(-c7ccccn7)nc6)ccc54)c3)cc(-c3cccc(-n4c5ccccc5c5cc(-c6ccc7c(c6)c6ccccc6n7-c6ccc(-c7ccccn7)nc6)ccc54)c3)c2)cc1. The Hall–Kier alpha value is -13.6. The minimum Gasteiger partial charge on any atom is -0.309 e. The first-order chi connectivity index (χ1) is 49.6. The first kappa shape index (κ1) is 56.8. The Labute approximate surface area is 575 Å². The summed E-state index contributed by atoms with van der Waals surface area (Å²) in [6.07, 6.45) is 7.53. The maximum atomic E-state index is 4.87. The van der Waals surface area contributed by atoms with Crippen LogP contribution in [0.25, 0.3) is 188 Å². The molecule has 0 aliphatic carbocycles. The summed E-state index contributed by atoms with van der Waals surface area (Å²) in [5, 5.41) is 9.59. The van der Waals surface area contributed by atoms with E-state index in [-0.39, 0.29) is 0 Å². The average Bonchev–Trinajstić information content (AvgIpc) is 1.61. The van der Waals surface area contributed by atoms with Gasteiger partial charge >= 0.3 is 0 Å². The molecule has 0 atom stereocenters. The van der Waals surface area contributed by atoms with Crippen LogP contribution in [-0.4, -0.2) is 38.2 Å². The zero-order valence-electron chi connectivity index (χ0n) is 54.1. The average molecular weight is 1280 g/mol. The van der Waals surface area contributed by atoms with Crippen LogP contribution in [0.2, 0.25) is 0 Å². The highest BCUT2D eigenvalue weighted by molar-refractivity contribution is 6.15. The minimum absolute atomic E-state index is 0.845. The smallest absolute Gasteiger partial charge is 0.0887 e. The van der Waals surface area contributed by atoms with Crippen molar-refractivity contribution in [2.45, 2.75) is 0 Å². The topological polar surface area (TPSA) is 71.3 Å². The number of para-hydroxylation sites is 4. The van der Waals surface area contributed by atoms with Crippen LogP contribution in [0.4, 0.5) is 0 Å². The predicted molar refractivity (Wildman–Crippen MR) is 413 cm³/mol. The third kappa shape index (κ3) is 9.37. The van der Waals surface area contributed by atoms with Gasteiger partial charge in [0.05, 0.1) is 90.7 Å². The van der Waals surface area contributed by atoms with Gasteiger partial charge in [0.15, 0.2) is 0 Å². The molecule has 0 radical (unpaired) electrons. The molecule has 8 heterocycles. The summed E-state index contributed by atoms with van der Waals surface area (Å²) in [6, 6.07) is 119. The standard InChI is InChI=1S/C92H58N8/c1-2-18-59(19-3-1)66-48-67(60-20-16-22-69(51-60)97-85-30-8-4-24-73(85)77-53-62(34-42-89(77)97)64-36-44-91-79(55-64)75-26-6-10-32-87(75)99(91)71-38-40-83(95-57-71)81-28-12-14-46-93-81)50-68(49-66)61-21-17-23-70(52-61)98-86-31-9-5-25-74(86)78-54-63(35-43-90(78)98)65-37-45-92-80(56-65)76-27-7-11-33-88(76)100(92)72-39-41-84(96-58-72)82-29-13-15-47-94-82/h1-58H. The van der Waals surface area contributed by atoms with Gasteiger partial charge < -0.3 is 18.3 Å². The van der Waals surface area contributed by atoms with Crippen molar-refractivity contribution in [2.24, 2.45) is 0 Å². The molecule has 8 nitrogen and oxygen atoms in total. The van der Waals surface area contributed by atoms with Gasteiger partial charge in [0.25, 0.3) is 0 Å². The van der Waals surface area contributed by atoms with Crippen LogP contribution in [0.5, 0.6) is 0 Å². The summed E-state index contributed by atoms with van der Waals surface area (Å²) in [6.45, 7) is 0.